The number of hydrogen-bond acceptors (Lipinski definition) is 4. The van der Waals surface area contributed by atoms with E-state index in [4.69, 9.17) is 0 Å². The molecule has 5 nitrogen and oxygen atoms in total. The van der Waals surface area contributed by atoms with Crippen LogP contribution in [0.1, 0.15) is 30.5 Å². The van der Waals surface area contributed by atoms with E-state index in [1.54, 1.807) is 6.08 Å². The Hall–Kier alpha value is -1.66. The number of carbonyl (C=O) groups excluding carboxylic acids is 1. The van der Waals surface area contributed by atoms with E-state index in [9.17, 15) is 13.2 Å². The number of methoxy groups -OCH3 is 1. The van der Waals surface area contributed by atoms with Crippen molar-refractivity contribution in [1.29, 1.82) is 0 Å². The molecule has 0 aromatic heterocycles. The molecule has 0 bridgehead atoms. The van der Waals surface area contributed by atoms with Crippen molar-refractivity contribution in [3.63, 3.8) is 0 Å². The number of rotatable bonds is 5. The van der Waals surface area contributed by atoms with E-state index < -0.39 is 16.0 Å². The number of carbonyl (C=O) groups is 1. The van der Waals surface area contributed by atoms with Crippen molar-refractivity contribution in [2.75, 3.05) is 7.11 Å². The minimum atomic E-state index is -3.61. The molecule has 1 aliphatic heterocycles. The first-order valence-corrected chi connectivity index (χ1v) is 9.42. The van der Waals surface area contributed by atoms with Crippen LogP contribution in [0.25, 0.3) is 0 Å². The third-order valence-corrected chi connectivity index (χ3v) is 6.50. The van der Waals surface area contributed by atoms with E-state index in [1.807, 2.05) is 46.8 Å². The molecule has 0 N–H and O–H groups in total. The fourth-order valence-corrected chi connectivity index (χ4v) is 5.67. The number of sulfonamides is 1. The van der Waals surface area contributed by atoms with Gasteiger partial charge in [-0.1, -0.05) is 37.6 Å². The minimum Gasteiger partial charge on any atom is -0.466 e. The fraction of sp³-hybridized carbons (Fsp3) is 0.500. The van der Waals surface area contributed by atoms with Crippen LogP contribution in [0, 0.1) is 26.7 Å². The van der Waals surface area contributed by atoms with Crippen molar-refractivity contribution in [2.45, 2.75) is 51.6 Å². The predicted octanol–water partition coefficient (Wildman–Crippen LogP) is 2.74. The molecule has 0 radical (unpaired) electrons. The lowest BCUT2D eigenvalue weighted by Crippen LogP contribution is -2.19. The highest BCUT2D eigenvalue weighted by Gasteiger charge is 2.55. The molecule has 1 unspecified atom stereocenters. The summed E-state index contributed by atoms with van der Waals surface area (Å²) in [5, 5.41) is 0. The summed E-state index contributed by atoms with van der Waals surface area (Å²) >= 11 is 0. The highest BCUT2D eigenvalue weighted by molar-refractivity contribution is 7.89. The van der Waals surface area contributed by atoms with Crippen molar-refractivity contribution in [2.24, 2.45) is 5.92 Å². The Labute approximate surface area is 144 Å². The summed E-state index contributed by atoms with van der Waals surface area (Å²) in [7, 11) is -2.31. The maximum Gasteiger partial charge on any atom is 0.330 e. The van der Waals surface area contributed by atoms with Crippen LogP contribution in [-0.4, -0.2) is 37.9 Å². The summed E-state index contributed by atoms with van der Waals surface area (Å²) in [6.07, 6.45) is 2.91. The first-order valence-electron chi connectivity index (χ1n) is 7.98. The van der Waals surface area contributed by atoms with Gasteiger partial charge in [0.1, 0.15) is 0 Å². The molecule has 1 heterocycles. The summed E-state index contributed by atoms with van der Waals surface area (Å²) in [6, 6.07) is 3.31. The Morgan fingerprint density at radius 1 is 1.21 bits per heavy atom. The number of ether oxygens (including phenoxy) is 1. The van der Waals surface area contributed by atoms with Crippen LogP contribution in [0.15, 0.2) is 29.2 Å². The van der Waals surface area contributed by atoms with Crippen molar-refractivity contribution >= 4 is 16.0 Å². The van der Waals surface area contributed by atoms with E-state index in [1.165, 1.54) is 17.5 Å². The van der Waals surface area contributed by atoms with Gasteiger partial charge >= 0.3 is 5.97 Å². The lowest BCUT2D eigenvalue weighted by molar-refractivity contribution is -0.134. The fourth-order valence-electron chi connectivity index (χ4n) is 3.38. The molecule has 24 heavy (non-hydrogen) atoms. The summed E-state index contributed by atoms with van der Waals surface area (Å²) in [5.41, 5.74) is 2.53. The largest absolute Gasteiger partial charge is 0.466 e. The van der Waals surface area contributed by atoms with Gasteiger partial charge in [-0.15, -0.1) is 0 Å². The first-order chi connectivity index (χ1) is 11.1. The van der Waals surface area contributed by atoms with Gasteiger partial charge in [-0.3, -0.25) is 0 Å². The van der Waals surface area contributed by atoms with Crippen molar-refractivity contribution in [3.8, 4) is 0 Å². The monoisotopic (exact) mass is 351 g/mol. The van der Waals surface area contributed by atoms with Crippen LogP contribution in [0.3, 0.4) is 0 Å². The molecule has 0 spiro atoms. The second-order valence-electron chi connectivity index (χ2n) is 6.67. The van der Waals surface area contributed by atoms with Crippen LogP contribution in [-0.2, 0) is 19.6 Å². The molecule has 2 rings (SSSR count). The maximum absolute atomic E-state index is 13.2. The minimum absolute atomic E-state index is 0.143. The van der Waals surface area contributed by atoms with E-state index in [0.29, 0.717) is 4.90 Å². The molecular formula is C18H25NO4S. The summed E-state index contributed by atoms with van der Waals surface area (Å²) in [5.74, 6) is -0.331. The molecule has 1 saturated heterocycles. The van der Waals surface area contributed by atoms with Gasteiger partial charge in [0, 0.05) is 12.1 Å². The molecule has 1 aliphatic rings. The molecule has 6 heteroatoms. The van der Waals surface area contributed by atoms with Crippen LogP contribution in [0.4, 0.5) is 0 Å². The molecular weight excluding hydrogens is 326 g/mol. The number of benzene rings is 1. The highest BCUT2D eigenvalue weighted by atomic mass is 32.2. The molecule has 3 atom stereocenters. The van der Waals surface area contributed by atoms with E-state index >= 15 is 0 Å². The summed E-state index contributed by atoms with van der Waals surface area (Å²) < 4.78 is 32.4. The van der Waals surface area contributed by atoms with Gasteiger partial charge in [-0.2, -0.15) is 4.31 Å². The lowest BCUT2D eigenvalue weighted by Gasteiger charge is -2.14. The molecule has 0 amide bonds. The Kier molecular flexibility index (Phi) is 5.20. The molecule has 0 aliphatic carbocycles. The van der Waals surface area contributed by atoms with Gasteiger partial charge in [0.15, 0.2) is 0 Å². The molecule has 1 aromatic rings. The molecule has 132 valence electrons. The van der Waals surface area contributed by atoms with Crippen molar-refractivity contribution in [3.05, 3.63) is 41.0 Å². The first kappa shape index (κ1) is 18.7. The van der Waals surface area contributed by atoms with Crippen molar-refractivity contribution < 1.29 is 17.9 Å². The zero-order chi connectivity index (χ0) is 18.2. The van der Waals surface area contributed by atoms with E-state index in [-0.39, 0.29) is 18.0 Å². The molecule has 1 aromatic carbocycles. The van der Waals surface area contributed by atoms with Gasteiger partial charge in [-0.05, 0) is 37.8 Å². The van der Waals surface area contributed by atoms with E-state index in [2.05, 4.69) is 4.74 Å². The molecule has 1 fully saturated rings. The smallest absolute Gasteiger partial charge is 0.330 e. The lowest BCUT2D eigenvalue weighted by atomic mass is 10.1. The van der Waals surface area contributed by atoms with E-state index in [0.717, 1.165) is 16.7 Å². The number of aryl methyl sites for hydroxylation is 3. The summed E-state index contributed by atoms with van der Waals surface area (Å²) in [4.78, 5) is 11.7. The second kappa shape index (κ2) is 6.69. The SMILES string of the molecule is COC(=O)/C=C/[C@@H]1[C@H](C(C)C)N1S(=O)(=O)c1c(C)cc(C)cc1C. The van der Waals surface area contributed by atoms with Gasteiger partial charge in [0.05, 0.1) is 18.0 Å². The highest BCUT2D eigenvalue weighted by Crippen LogP contribution is 2.42. The number of hydrogen-bond donors (Lipinski definition) is 0. The normalized spacial score (nSPS) is 23.7. The zero-order valence-corrected chi connectivity index (χ0v) is 15.8. The Morgan fingerprint density at radius 2 is 1.75 bits per heavy atom. The Morgan fingerprint density at radius 3 is 2.21 bits per heavy atom. The van der Waals surface area contributed by atoms with Crippen LogP contribution < -0.4 is 0 Å². The third kappa shape index (κ3) is 3.39. The Balaban J connectivity index is 2.42. The van der Waals surface area contributed by atoms with Gasteiger partial charge in [0.2, 0.25) is 10.0 Å². The standard InChI is InChI=1S/C18H25NO4S/c1-11(2)17-15(7-8-16(20)23-6)19(17)24(21,22)18-13(4)9-12(3)10-14(18)5/h7-11,15,17H,1-6H3/b8-7+/t15-,17+,19?/m1/s1. The maximum atomic E-state index is 13.2. The van der Waals surface area contributed by atoms with Crippen LogP contribution in [0.5, 0.6) is 0 Å². The average Bonchev–Trinajstić information content (AvgIpc) is 3.18. The van der Waals surface area contributed by atoms with Crippen molar-refractivity contribution in [1.82, 2.24) is 4.31 Å². The predicted molar refractivity (Wildman–Crippen MR) is 93.2 cm³/mol. The van der Waals surface area contributed by atoms with Gasteiger partial charge in [-0.25, -0.2) is 13.2 Å². The number of nitrogens with zero attached hydrogens (tertiary/aromatic N) is 1. The molecule has 0 saturated carbocycles. The summed E-state index contributed by atoms with van der Waals surface area (Å²) in [6.45, 7) is 9.55. The zero-order valence-electron chi connectivity index (χ0n) is 15.0. The second-order valence-corrected chi connectivity index (χ2v) is 8.45. The van der Waals surface area contributed by atoms with Crippen LogP contribution >= 0.6 is 0 Å². The average molecular weight is 351 g/mol. The topological polar surface area (TPSA) is 63.5 Å². The van der Waals surface area contributed by atoms with Gasteiger partial charge in [0.25, 0.3) is 0 Å². The third-order valence-electron chi connectivity index (χ3n) is 4.30. The van der Waals surface area contributed by atoms with Crippen LogP contribution in [0.2, 0.25) is 0 Å². The van der Waals surface area contributed by atoms with Gasteiger partial charge < -0.3 is 4.74 Å². The Bertz CT molecular complexity index is 757. The quantitative estimate of drug-likeness (QED) is 0.465. The number of esters is 1.